The Kier molecular flexibility index (Phi) is 2.78. The fraction of sp³-hybridized carbons (Fsp3) is 0.222. The molecular weight excluding hydrogens is 197 g/mol. The molecule has 0 saturated heterocycles. The van der Waals surface area contributed by atoms with Crippen LogP contribution in [-0.2, 0) is 0 Å². The summed E-state index contributed by atoms with van der Waals surface area (Å²) in [5, 5.41) is 8.60. The monoisotopic (exact) mass is 204 g/mol. The second kappa shape index (κ2) is 3.69. The highest BCUT2D eigenvalue weighted by atomic mass is 19.3. The molecule has 0 aromatic heterocycles. The van der Waals surface area contributed by atoms with E-state index in [0.29, 0.717) is 0 Å². The SMILES string of the molecule is Cc1c(C(=O)O)ccc(F)c1C(F)F. The fourth-order valence-electron chi connectivity index (χ4n) is 1.20. The number of hydrogen-bond acceptors (Lipinski definition) is 1. The first-order valence-corrected chi connectivity index (χ1v) is 3.75. The van der Waals surface area contributed by atoms with Gasteiger partial charge in [0.15, 0.2) is 0 Å². The van der Waals surface area contributed by atoms with E-state index in [0.717, 1.165) is 19.1 Å². The lowest BCUT2D eigenvalue weighted by Crippen LogP contribution is -2.05. The largest absolute Gasteiger partial charge is 0.478 e. The third-order valence-electron chi connectivity index (χ3n) is 1.91. The summed E-state index contributed by atoms with van der Waals surface area (Å²) in [5.41, 5.74) is -1.38. The average molecular weight is 204 g/mol. The number of halogens is 3. The highest BCUT2D eigenvalue weighted by Gasteiger charge is 2.20. The van der Waals surface area contributed by atoms with E-state index in [-0.39, 0.29) is 11.1 Å². The predicted molar refractivity (Wildman–Crippen MR) is 43.1 cm³/mol. The first-order valence-electron chi connectivity index (χ1n) is 3.75. The van der Waals surface area contributed by atoms with Crippen LogP contribution in [0.15, 0.2) is 12.1 Å². The molecule has 0 aliphatic rings. The maximum Gasteiger partial charge on any atom is 0.335 e. The van der Waals surface area contributed by atoms with Crippen LogP contribution < -0.4 is 0 Å². The lowest BCUT2D eigenvalue weighted by molar-refractivity contribution is 0.0695. The zero-order valence-electron chi connectivity index (χ0n) is 7.22. The Hall–Kier alpha value is -1.52. The molecule has 0 heterocycles. The summed E-state index contributed by atoms with van der Waals surface area (Å²) in [6.45, 7) is 1.16. The van der Waals surface area contributed by atoms with E-state index >= 15 is 0 Å². The average Bonchev–Trinajstić information content (AvgIpc) is 2.02. The van der Waals surface area contributed by atoms with Gasteiger partial charge in [-0.3, -0.25) is 0 Å². The summed E-state index contributed by atoms with van der Waals surface area (Å²) >= 11 is 0. The van der Waals surface area contributed by atoms with Gasteiger partial charge in [0.2, 0.25) is 0 Å². The van der Waals surface area contributed by atoms with Crippen molar-refractivity contribution in [1.29, 1.82) is 0 Å². The molecule has 1 aromatic carbocycles. The Labute approximate surface area is 78.0 Å². The zero-order valence-corrected chi connectivity index (χ0v) is 7.22. The van der Waals surface area contributed by atoms with Crippen molar-refractivity contribution in [3.63, 3.8) is 0 Å². The first-order chi connectivity index (χ1) is 6.45. The molecule has 5 heteroatoms. The van der Waals surface area contributed by atoms with Crippen molar-refractivity contribution in [1.82, 2.24) is 0 Å². The first kappa shape index (κ1) is 10.6. The number of aromatic carboxylic acids is 1. The molecule has 0 aliphatic heterocycles. The highest BCUT2D eigenvalue weighted by molar-refractivity contribution is 5.89. The van der Waals surface area contributed by atoms with Gasteiger partial charge in [-0.2, -0.15) is 0 Å². The van der Waals surface area contributed by atoms with Gasteiger partial charge in [0.1, 0.15) is 5.82 Å². The maximum absolute atomic E-state index is 12.9. The third kappa shape index (κ3) is 1.71. The summed E-state index contributed by atoms with van der Waals surface area (Å²) in [4.78, 5) is 10.5. The molecule has 14 heavy (non-hydrogen) atoms. The number of benzene rings is 1. The molecule has 0 fully saturated rings. The molecule has 76 valence electrons. The second-order valence-corrected chi connectivity index (χ2v) is 2.74. The lowest BCUT2D eigenvalue weighted by Gasteiger charge is -2.08. The predicted octanol–water partition coefficient (Wildman–Crippen LogP) is 2.77. The molecular formula is C9H7F3O2. The summed E-state index contributed by atoms with van der Waals surface area (Å²) < 4.78 is 37.5. The van der Waals surface area contributed by atoms with Crippen molar-refractivity contribution < 1.29 is 23.1 Å². The van der Waals surface area contributed by atoms with Crippen LogP contribution in [0.1, 0.15) is 27.9 Å². The molecule has 1 N–H and O–H groups in total. The number of hydrogen-bond donors (Lipinski definition) is 1. The summed E-state index contributed by atoms with van der Waals surface area (Å²) in [6.07, 6.45) is -3.01. The molecule has 0 saturated carbocycles. The standard InChI is InChI=1S/C9H7F3O2/c1-4-5(9(13)14)2-3-6(10)7(4)8(11)12/h2-3,8H,1H3,(H,13,14). The van der Waals surface area contributed by atoms with Crippen LogP contribution in [0.2, 0.25) is 0 Å². The fourth-order valence-corrected chi connectivity index (χ4v) is 1.20. The van der Waals surface area contributed by atoms with Gasteiger partial charge in [-0.25, -0.2) is 18.0 Å². The van der Waals surface area contributed by atoms with E-state index in [1.54, 1.807) is 0 Å². The normalized spacial score (nSPS) is 10.6. The molecule has 1 rings (SSSR count). The Morgan fingerprint density at radius 2 is 2.00 bits per heavy atom. The number of carboxylic acids is 1. The summed E-state index contributed by atoms with van der Waals surface area (Å²) in [6, 6.07) is 1.71. The van der Waals surface area contributed by atoms with E-state index in [2.05, 4.69) is 0 Å². The third-order valence-corrected chi connectivity index (χ3v) is 1.91. The van der Waals surface area contributed by atoms with Gasteiger partial charge in [-0.05, 0) is 24.6 Å². The zero-order chi connectivity index (χ0) is 10.9. The quantitative estimate of drug-likeness (QED) is 0.804. The molecule has 0 radical (unpaired) electrons. The van der Waals surface area contributed by atoms with Gasteiger partial charge in [-0.1, -0.05) is 0 Å². The van der Waals surface area contributed by atoms with Crippen LogP contribution >= 0.6 is 0 Å². The van der Waals surface area contributed by atoms with Gasteiger partial charge in [0, 0.05) is 0 Å². The maximum atomic E-state index is 12.9. The minimum atomic E-state index is -3.01. The van der Waals surface area contributed by atoms with Gasteiger partial charge < -0.3 is 5.11 Å². The Morgan fingerprint density at radius 3 is 2.43 bits per heavy atom. The number of carbonyl (C=O) groups is 1. The molecule has 2 nitrogen and oxygen atoms in total. The van der Waals surface area contributed by atoms with Crippen LogP contribution in [0.4, 0.5) is 13.2 Å². The van der Waals surface area contributed by atoms with Crippen molar-refractivity contribution in [2.24, 2.45) is 0 Å². The van der Waals surface area contributed by atoms with Crippen LogP contribution in [0.5, 0.6) is 0 Å². The molecule has 0 aliphatic carbocycles. The molecule has 0 amide bonds. The smallest absolute Gasteiger partial charge is 0.335 e. The topological polar surface area (TPSA) is 37.3 Å². The minimum Gasteiger partial charge on any atom is -0.478 e. The van der Waals surface area contributed by atoms with Crippen molar-refractivity contribution in [3.05, 3.63) is 34.6 Å². The van der Waals surface area contributed by atoms with Crippen LogP contribution in [-0.4, -0.2) is 11.1 Å². The van der Waals surface area contributed by atoms with E-state index < -0.39 is 23.8 Å². The van der Waals surface area contributed by atoms with Crippen LogP contribution in [0.25, 0.3) is 0 Å². The Bertz CT molecular complexity index is 375. The van der Waals surface area contributed by atoms with Gasteiger partial charge in [0.05, 0.1) is 11.1 Å². The molecule has 1 aromatic rings. The number of rotatable bonds is 2. The minimum absolute atomic E-state index is 0.229. The Morgan fingerprint density at radius 1 is 1.43 bits per heavy atom. The van der Waals surface area contributed by atoms with Crippen molar-refractivity contribution in [2.75, 3.05) is 0 Å². The number of alkyl halides is 2. The van der Waals surface area contributed by atoms with Gasteiger partial charge in [-0.15, -0.1) is 0 Å². The molecule has 0 bridgehead atoms. The molecule has 0 unspecified atom stereocenters. The summed E-state index contributed by atoms with van der Waals surface area (Å²) in [5.74, 6) is -2.42. The van der Waals surface area contributed by atoms with Crippen LogP contribution in [0, 0.1) is 12.7 Å². The highest BCUT2D eigenvalue weighted by Crippen LogP contribution is 2.27. The van der Waals surface area contributed by atoms with Crippen molar-refractivity contribution in [3.8, 4) is 0 Å². The van der Waals surface area contributed by atoms with Crippen molar-refractivity contribution in [2.45, 2.75) is 13.3 Å². The summed E-state index contributed by atoms with van der Waals surface area (Å²) in [7, 11) is 0. The number of carboxylic acid groups (broad SMARTS) is 1. The van der Waals surface area contributed by atoms with Crippen molar-refractivity contribution >= 4 is 5.97 Å². The van der Waals surface area contributed by atoms with E-state index in [1.807, 2.05) is 0 Å². The Balaban J connectivity index is 3.41. The molecule has 0 atom stereocenters. The van der Waals surface area contributed by atoms with Crippen LogP contribution in [0.3, 0.4) is 0 Å². The molecule has 0 spiro atoms. The van der Waals surface area contributed by atoms with E-state index in [4.69, 9.17) is 5.11 Å². The van der Waals surface area contributed by atoms with E-state index in [9.17, 15) is 18.0 Å². The van der Waals surface area contributed by atoms with E-state index in [1.165, 1.54) is 0 Å². The second-order valence-electron chi connectivity index (χ2n) is 2.74. The van der Waals surface area contributed by atoms with Gasteiger partial charge >= 0.3 is 5.97 Å². The lowest BCUT2D eigenvalue weighted by atomic mass is 10.0. The van der Waals surface area contributed by atoms with Gasteiger partial charge in [0.25, 0.3) is 6.43 Å².